The number of amides is 2. The maximum absolute atomic E-state index is 12.7. The number of urea groups is 1. The van der Waals surface area contributed by atoms with Crippen LogP contribution in [0.25, 0.3) is 0 Å². The minimum Gasteiger partial charge on any atom is -0.493 e. The van der Waals surface area contributed by atoms with Gasteiger partial charge in [0.15, 0.2) is 6.04 Å². The average molecular weight is 400 g/mol. The Balaban J connectivity index is 2.12. The first-order valence-electron chi connectivity index (χ1n) is 8.47. The molecule has 11 heteroatoms. The van der Waals surface area contributed by atoms with Crippen molar-refractivity contribution in [3.63, 3.8) is 0 Å². The van der Waals surface area contributed by atoms with Crippen LogP contribution in [0.15, 0.2) is 18.2 Å². The highest BCUT2D eigenvalue weighted by Gasteiger charge is 2.53. The van der Waals surface area contributed by atoms with Gasteiger partial charge in [-0.05, 0) is 25.0 Å². The van der Waals surface area contributed by atoms with Gasteiger partial charge in [0, 0.05) is 5.56 Å². The SMILES string of the molecule is CCCOc1cccc2c1[C@H]1CN(C(=O)N1OS(=O)(=O)O)C2C(=O)OCC. The molecule has 1 aromatic rings. The third-order valence-corrected chi connectivity index (χ3v) is 4.62. The molecule has 0 radical (unpaired) electrons. The van der Waals surface area contributed by atoms with Crippen LogP contribution < -0.4 is 4.74 Å². The van der Waals surface area contributed by atoms with Crippen molar-refractivity contribution in [1.29, 1.82) is 0 Å². The van der Waals surface area contributed by atoms with E-state index >= 15 is 0 Å². The van der Waals surface area contributed by atoms with Crippen LogP contribution in [0.4, 0.5) is 4.79 Å². The number of hydrogen-bond donors (Lipinski definition) is 1. The smallest absolute Gasteiger partial charge is 0.418 e. The van der Waals surface area contributed by atoms with Gasteiger partial charge in [0.25, 0.3) is 0 Å². The van der Waals surface area contributed by atoms with Crippen molar-refractivity contribution in [3.05, 3.63) is 29.3 Å². The molecule has 0 saturated carbocycles. The van der Waals surface area contributed by atoms with Gasteiger partial charge in [0.05, 0.1) is 19.8 Å². The standard InChI is InChI=1S/C16H20N2O8S/c1-3-8-25-12-7-5-6-10-13(12)11-9-17(14(10)15(19)24-4-2)16(20)18(11)26-27(21,22)23/h5-7,11,14H,3-4,8-9H2,1-2H3,(H,21,22,23)/t11-,14?/m1/s1. The molecule has 0 aromatic heterocycles. The van der Waals surface area contributed by atoms with Crippen LogP contribution in [0.5, 0.6) is 5.75 Å². The Morgan fingerprint density at radius 1 is 1.33 bits per heavy atom. The molecule has 1 saturated heterocycles. The molecule has 2 bridgehead atoms. The fourth-order valence-electron chi connectivity index (χ4n) is 3.35. The summed E-state index contributed by atoms with van der Waals surface area (Å²) < 4.78 is 46.8. The van der Waals surface area contributed by atoms with E-state index in [9.17, 15) is 18.0 Å². The monoisotopic (exact) mass is 400 g/mol. The highest BCUT2D eigenvalue weighted by atomic mass is 32.3. The van der Waals surface area contributed by atoms with Gasteiger partial charge in [-0.15, -0.1) is 4.28 Å². The maximum atomic E-state index is 12.7. The fourth-order valence-corrected chi connectivity index (χ4v) is 3.72. The summed E-state index contributed by atoms with van der Waals surface area (Å²) in [7, 11) is -4.94. The van der Waals surface area contributed by atoms with Gasteiger partial charge in [-0.2, -0.15) is 13.5 Å². The van der Waals surface area contributed by atoms with E-state index in [-0.39, 0.29) is 13.2 Å². The molecular weight excluding hydrogens is 380 g/mol. The van der Waals surface area contributed by atoms with Crippen LogP contribution in [-0.2, 0) is 24.2 Å². The molecule has 27 heavy (non-hydrogen) atoms. The van der Waals surface area contributed by atoms with Gasteiger partial charge in [0.1, 0.15) is 11.8 Å². The van der Waals surface area contributed by atoms with Crippen molar-refractivity contribution >= 4 is 22.4 Å². The Bertz CT molecular complexity index is 856. The number of hydroxylamine groups is 2. The third kappa shape index (κ3) is 3.57. The largest absolute Gasteiger partial charge is 0.493 e. The summed E-state index contributed by atoms with van der Waals surface area (Å²) in [5.74, 6) is -0.237. The van der Waals surface area contributed by atoms with Crippen LogP contribution in [0.3, 0.4) is 0 Å². The molecule has 1 N–H and O–H groups in total. The minimum atomic E-state index is -4.94. The second kappa shape index (κ2) is 7.33. The van der Waals surface area contributed by atoms with E-state index in [0.717, 1.165) is 11.3 Å². The van der Waals surface area contributed by atoms with Crippen molar-refractivity contribution in [3.8, 4) is 5.75 Å². The third-order valence-electron chi connectivity index (χ3n) is 4.27. The summed E-state index contributed by atoms with van der Waals surface area (Å²) in [6.45, 7) is 4.06. The number of ether oxygens (including phenoxy) is 2. The summed E-state index contributed by atoms with van der Waals surface area (Å²) in [6.07, 6.45) is 0.728. The van der Waals surface area contributed by atoms with E-state index in [1.807, 2.05) is 6.92 Å². The molecule has 148 valence electrons. The van der Waals surface area contributed by atoms with Crippen molar-refractivity contribution in [2.75, 3.05) is 19.8 Å². The first-order valence-corrected chi connectivity index (χ1v) is 9.84. The molecule has 2 aliphatic heterocycles. The molecule has 1 unspecified atom stereocenters. The molecule has 2 amide bonds. The summed E-state index contributed by atoms with van der Waals surface area (Å²) in [6, 6.07) is 2.20. The van der Waals surface area contributed by atoms with Gasteiger partial charge in [-0.25, -0.2) is 9.59 Å². The molecule has 2 atom stereocenters. The molecule has 0 spiro atoms. The number of carbonyl (C=O) groups is 2. The van der Waals surface area contributed by atoms with Gasteiger partial charge in [-0.3, -0.25) is 4.55 Å². The topological polar surface area (TPSA) is 123 Å². The first kappa shape index (κ1) is 19.4. The first-order chi connectivity index (χ1) is 12.8. The van der Waals surface area contributed by atoms with Gasteiger partial charge < -0.3 is 14.4 Å². The molecule has 2 aliphatic rings. The fraction of sp³-hybridized carbons (Fsp3) is 0.500. The number of nitrogens with zero attached hydrogens (tertiary/aromatic N) is 2. The Kier molecular flexibility index (Phi) is 5.27. The maximum Gasteiger partial charge on any atom is 0.418 e. The highest BCUT2D eigenvalue weighted by Crippen LogP contribution is 2.48. The van der Waals surface area contributed by atoms with Gasteiger partial charge in [0.2, 0.25) is 0 Å². The molecule has 0 aliphatic carbocycles. The van der Waals surface area contributed by atoms with Crippen LogP contribution in [-0.4, -0.2) is 54.7 Å². The van der Waals surface area contributed by atoms with Gasteiger partial charge in [-0.1, -0.05) is 19.1 Å². The second-order valence-electron chi connectivity index (χ2n) is 6.04. The number of benzene rings is 1. The van der Waals surface area contributed by atoms with Crippen LogP contribution in [0, 0.1) is 0 Å². The predicted molar refractivity (Wildman–Crippen MR) is 90.9 cm³/mol. The predicted octanol–water partition coefficient (Wildman–Crippen LogP) is 1.61. The number of esters is 1. The minimum absolute atomic E-state index is 0.0165. The second-order valence-corrected chi connectivity index (χ2v) is 7.05. The van der Waals surface area contributed by atoms with Crippen LogP contribution in [0.1, 0.15) is 43.5 Å². The zero-order valence-electron chi connectivity index (χ0n) is 14.8. The van der Waals surface area contributed by atoms with Crippen molar-refractivity contribution in [2.24, 2.45) is 0 Å². The molecule has 3 rings (SSSR count). The highest BCUT2D eigenvalue weighted by molar-refractivity contribution is 7.80. The van der Waals surface area contributed by atoms with E-state index in [2.05, 4.69) is 4.28 Å². The molecule has 1 fully saturated rings. The Morgan fingerprint density at radius 3 is 2.70 bits per heavy atom. The lowest BCUT2D eigenvalue weighted by Gasteiger charge is -2.32. The van der Waals surface area contributed by atoms with E-state index in [1.54, 1.807) is 25.1 Å². The summed E-state index contributed by atoms with van der Waals surface area (Å²) in [5.41, 5.74) is 0.919. The normalized spacial score (nSPS) is 21.2. The quantitative estimate of drug-likeness (QED) is 0.541. The molecule has 2 heterocycles. The van der Waals surface area contributed by atoms with Crippen molar-refractivity contribution in [2.45, 2.75) is 32.4 Å². The number of fused-ring (bicyclic) bond motifs is 4. The summed E-state index contributed by atoms with van der Waals surface area (Å²) >= 11 is 0. The number of hydrogen-bond acceptors (Lipinski definition) is 7. The lowest BCUT2D eigenvalue weighted by molar-refractivity contribution is -0.148. The Morgan fingerprint density at radius 2 is 2.07 bits per heavy atom. The molecule has 10 nitrogen and oxygen atoms in total. The lowest BCUT2D eigenvalue weighted by atomic mass is 9.90. The van der Waals surface area contributed by atoms with Gasteiger partial charge >= 0.3 is 22.4 Å². The van der Waals surface area contributed by atoms with Crippen molar-refractivity contribution in [1.82, 2.24) is 9.96 Å². The van der Waals surface area contributed by atoms with E-state index in [4.69, 9.17) is 14.0 Å². The zero-order chi connectivity index (χ0) is 19.8. The average Bonchev–Trinajstić information content (AvgIpc) is 2.85. The van der Waals surface area contributed by atoms with Crippen molar-refractivity contribution < 1.29 is 36.3 Å². The number of carbonyl (C=O) groups excluding carboxylic acids is 2. The summed E-state index contributed by atoms with van der Waals surface area (Å²) in [4.78, 5) is 26.4. The van der Waals surface area contributed by atoms with E-state index in [0.29, 0.717) is 28.5 Å². The van der Waals surface area contributed by atoms with Crippen LogP contribution in [0.2, 0.25) is 0 Å². The Labute approximate surface area is 156 Å². The molecular formula is C16H20N2O8S. The number of rotatable bonds is 7. The summed E-state index contributed by atoms with van der Waals surface area (Å²) in [5, 5.41) is 0.548. The lowest BCUT2D eigenvalue weighted by Crippen LogP contribution is -2.39. The van der Waals surface area contributed by atoms with Crippen LogP contribution >= 0.6 is 0 Å². The zero-order valence-corrected chi connectivity index (χ0v) is 15.6. The molecule has 1 aromatic carbocycles. The van der Waals surface area contributed by atoms with E-state index < -0.39 is 34.5 Å². The Hall–Kier alpha value is -2.37. The van der Waals surface area contributed by atoms with E-state index in [1.165, 1.54) is 0 Å².